The summed E-state index contributed by atoms with van der Waals surface area (Å²) < 4.78 is 1.85. The monoisotopic (exact) mass is 300 g/mol. The van der Waals surface area contributed by atoms with Gasteiger partial charge in [-0.1, -0.05) is 25.1 Å². The zero-order chi connectivity index (χ0) is 15.2. The van der Waals surface area contributed by atoms with Crippen LogP contribution >= 0.6 is 0 Å². The first-order valence-corrected chi connectivity index (χ1v) is 8.16. The van der Waals surface area contributed by atoms with Gasteiger partial charge >= 0.3 is 0 Å². The molecule has 1 aromatic heterocycles. The Balaban J connectivity index is 1.77. The molecule has 6 nitrogen and oxygen atoms in total. The average molecular weight is 300 g/mol. The van der Waals surface area contributed by atoms with Crippen LogP contribution in [0.3, 0.4) is 0 Å². The number of hydrogen-bond acceptors (Lipinski definition) is 5. The molecule has 1 aromatic carbocycles. The van der Waals surface area contributed by atoms with Gasteiger partial charge in [-0.25, -0.2) is 0 Å². The summed E-state index contributed by atoms with van der Waals surface area (Å²) >= 11 is 0. The molecule has 2 aromatic rings. The molecule has 0 unspecified atom stereocenters. The average Bonchev–Trinajstić information content (AvgIpc) is 3.04. The van der Waals surface area contributed by atoms with Crippen LogP contribution in [0.5, 0.6) is 0 Å². The lowest BCUT2D eigenvalue weighted by molar-refractivity contribution is 0.149. The van der Waals surface area contributed by atoms with Gasteiger partial charge in [-0.15, -0.1) is 5.10 Å². The molecule has 1 aliphatic rings. The summed E-state index contributed by atoms with van der Waals surface area (Å²) in [6.07, 6.45) is 3.55. The minimum Gasteiger partial charge on any atom is -0.317 e. The Morgan fingerprint density at radius 1 is 1.23 bits per heavy atom. The van der Waals surface area contributed by atoms with E-state index in [1.165, 1.54) is 12.8 Å². The molecule has 1 N–H and O–H groups in total. The van der Waals surface area contributed by atoms with Crippen molar-refractivity contribution in [3.05, 3.63) is 36.2 Å². The van der Waals surface area contributed by atoms with Crippen molar-refractivity contribution in [3.63, 3.8) is 0 Å². The van der Waals surface area contributed by atoms with E-state index in [9.17, 15) is 0 Å². The number of aromatic nitrogens is 4. The third-order valence-electron chi connectivity index (χ3n) is 4.22. The van der Waals surface area contributed by atoms with Crippen molar-refractivity contribution in [2.45, 2.75) is 38.8 Å². The molecule has 0 atom stereocenters. The third kappa shape index (κ3) is 3.51. The second kappa shape index (κ2) is 7.47. The summed E-state index contributed by atoms with van der Waals surface area (Å²) in [5.41, 5.74) is 1.02. The molecule has 2 heterocycles. The number of nitrogens with zero attached hydrogens (tertiary/aromatic N) is 5. The molecular formula is C16H24N6. The van der Waals surface area contributed by atoms with Crippen molar-refractivity contribution < 1.29 is 0 Å². The van der Waals surface area contributed by atoms with Crippen molar-refractivity contribution >= 4 is 0 Å². The van der Waals surface area contributed by atoms with Crippen LogP contribution in [-0.2, 0) is 6.54 Å². The summed E-state index contributed by atoms with van der Waals surface area (Å²) in [6.45, 7) is 6.34. The fourth-order valence-electron chi connectivity index (χ4n) is 3.11. The Labute approximate surface area is 131 Å². The van der Waals surface area contributed by atoms with Gasteiger partial charge in [0.1, 0.15) is 0 Å². The minimum atomic E-state index is 0.627. The van der Waals surface area contributed by atoms with Crippen LogP contribution in [-0.4, -0.2) is 50.8 Å². The highest BCUT2D eigenvalue weighted by molar-refractivity contribution is 5.30. The van der Waals surface area contributed by atoms with Gasteiger partial charge in [-0.3, -0.25) is 4.90 Å². The molecule has 0 radical (unpaired) electrons. The molecule has 0 amide bonds. The largest absolute Gasteiger partial charge is 0.317 e. The van der Waals surface area contributed by atoms with E-state index in [1.54, 1.807) is 0 Å². The van der Waals surface area contributed by atoms with E-state index in [2.05, 4.69) is 32.7 Å². The molecule has 0 aliphatic carbocycles. The molecule has 0 saturated carbocycles. The Morgan fingerprint density at radius 3 is 2.73 bits per heavy atom. The maximum Gasteiger partial charge on any atom is 0.170 e. The number of tetrazole rings is 1. The molecule has 1 saturated heterocycles. The molecular weight excluding hydrogens is 276 g/mol. The van der Waals surface area contributed by atoms with Gasteiger partial charge in [0.25, 0.3) is 0 Å². The lowest BCUT2D eigenvalue weighted by atomic mass is 10.0. The SMILES string of the molecule is CCCN(Cc1nnnn1-c1ccccc1)C1CCNCC1. The lowest BCUT2D eigenvalue weighted by Crippen LogP contribution is -2.43. The molecule has 3 rings (SSSR count). The van der Waals surface area contributed by atoms with Crippen LogP contribution in [0.4, 0.5) is 0 Å². The summed E-state index contributed by atoms with van der Waals surface area (Å²) in [5, 5.41) is 15.7. The highest BCUT2D eigenvalue weighted by atomic mass is 15.5. The second-order valence-corrected chi connectivity index (χ2v) is 5.79. The highest BCUT2D eigenvalue weighted by Gasteiger charge is 2.22. The predicted molar refractivity (Wildman–Crippen MR) is 85.7 cm³/mol. The normalized spacial score (nSPS) is 16.3. The van der Waals surface area contributed by atoms with E-state index in [-0.39, 0.29) is 0 Å². The zero-order valence-electron chi connectivity index (χ0n) is 13.1. The van der Waals surface area contributed by atoms with Gasteiger partial charge in [0.2, 0.25) is 0 Å². The van der Waals surface area contributed by atoms with Crippen LogP contribution < -0.4 is 5.32 Å². The summed E-state index contributed by atoms with van der Waals surface area (Å²) in [6, 6.07) is 10.7. The Kier molecular flexibility index (Phi) is 5.13. The van der Waals surface area contributed by atoms with Crippen molar-refractivity contribution in [2.75, 3.05) is 19.6 Å². The Morgan fingerprint density at radius 2 is 2.00 bits per heavy atom. The van der Waals surface area contributed by atoms with Gasteiger partial charge in [-0.05, 0) is 61.5 Å². The van der Waals surface area contributed by atoms with Crippen LogP contribution in [0, 0.1) is 0 Å². The van der Waals surface area contributed by atoms with Crippen LogP contribution in [0.15, 0.2) is 30.3 Å². The van der Waals surface area contributed by atoms with E-state index < -0.39 is 0 Å². The second-order valence-electron chi connectivity index (χ2n) is 5.79. The lowest BCUT2D eigenvalue weighted by Gasteiger charge is -2.34. The molecule has 22 heavy (non-hydrogen) atoms. The zero-order valence-corrected chi connectivity index (χ0v) is 13.1. The van der Waals surface area contributed by atoms with Gasteiger partial charge in [0.15, 0.2) is 5.82 Å². The predicted octanol–water partition coefficient (Wildman–Crippen LogP) is 1.63. The highest BCUT2D eigenvalue weighted by Crippen LogP contribution is 2.16. The van der Waals surface area contributed by atoms with E-state index in [0.29, 0.717) is 6.04 Å². The van der Waals surface area contributed by atoms with Gasteiger partial charge in [0.05, 0.1) is 12.2 Å². The first kappa shape index (κ1) is 15.1. The number of para-hydroxylation sites is 1. The smallest absolute Gasteiger partial charge is 0.170 e. The van der Waals surface area contributed by atoms with Gasteiger partial charge in [-0.2, -0.15) is 4.68 Å². The minimum absolute atomic E-state index is 0.627. The maximum absolute atomic E-state index is 4.25. The molecule has 1 aliphatic heterocycles. The molecule has 0 spiro atoms. The van der Waals surface area contributed by atoms with E-state index in [4.69, 9.17) is 0 Å². The number of benzene rings is 1. The summed E-state index contributed by atoms with van der Waals surface area (Å²) in [4.78, 5) is 2.53. The summed E-state index contributed by atoms with van der Waals surface area (Å²) in [7, 11) is 0. The quantitative estimate of drug-likeness (QED) is 0.878. The Bertz CT molecular complexity index is 561. The molecule has 118 valence electrons. The maximum atomic E-state index is 4.25. The standard InChI is InChI=1S/C16H24N6/c1-2-12-21(14-8-10-17-11-9-14)13-16-18-19-20-22(16)15-6-4-3-5-7-15/h3-7,14,17H,2,8-13H2,1H3. The Hall–Kier alpha value is -1.79. The first-order valence-electron chi connectivity index (χ1n) is 8.16. The number of nitrogens with one attached hydrogen (secondary N) is 1. The fourth-order valence-corrected chi connectivity index (χ4v) is 3.11. The number of piperidine rings is 1. The van der Waals surface area contributed by atoms with Crippen molar-refractivity contribution in [3.8, 4) is 5.69 Å². The topological polar surface area (TPSA) is 58.9 Å². The van der Waals surface area contributed by atoms with Crippen molar-refractivity contribution in [1.29, 1.82) is 0 Å². The van der Waals surface area contributed by atoms with Crippen LogP contribution in [0.2, 0.25) is 0 Å². The molecule has 0 bridgehead atoms. The first-order chi connectivity index (χ1) is 10.9. The van der Waals surface area contributed by atoms with Crippen LogP contribution in [0.25, 0.3) is 5.69 Å². The molecule has 1 fully saturated rings. The van der Waals surface area contributed by atoms with Crippen molar-refractivity contribution in [1.82, 2.24) is 30.4 Å². The van der Waals surface area contributed by atoms with Crippen molar-refractivity contribution in [2.24, 2.45) is 0 Å². The molecule has 6 heteroatoms. The fraction of sp³-hybridized carbons (Fsp3) is 0.562. The van der Waals surface area contributed by atoms with Crippen LogP contribution in [0.1, 0.15) is 32.0 Å². The number of rotatable bonds is 6. The van der Waals surface area contributed by atoms with E-state index in [0.717, 1.165) is 44.1 Å². The third-order valence-corrected chi connectivity index (χ3v) is 4.22. The summed E-state index contributed by atoms with van der Waals surface area (Å²) in [5.74, 6) is 0.915. The van der Waals surface area contributed by atoms with E-state index in [1.807, 2.05) is 35.0 Å². The van der Waals surface area contributed by atoms with E-state index >= 15 is 0 Å². The van der Waals surface area contributed by atoms with Gasteiger partial charge in [0, 0.05) is 6.04 Å². The van der Waals surface area contributed by atoms with Gasteiger partial charge < -0.3 is 5.32 Å². The number of hydrogen-bond donors (Lipinski definition) is 1.